The highest BCUT2D eigenvalue weighted by Gasteiger charge is 2.21. The van der Waals surface area contributed by atoms with E-state index in [0.717, 1.165) is 9.71 Å². The van der Waals surface area contributed by atoms with Gasteiger partial charge in [-0.15, -0.1) is 11.3 Å². The molecule has 1 aromatic heterocycles. The molecule has 0 spiro atoms. The first-order valence-electron chi connectivity index (χ1n) is 5.75. The van der Waals surface area contributed by atoms with Crippen LogP contribution in [-0.4, -0.2) is 13.4 Å². The first-order valence-corrected chi connectivity index (χ1v) is 8.05. The van der Waals surface area contributed by atoms with Gasteiger partial charge in [-0.05, 0) is 31.2 Å². The average molecular weight is 289 g/mol. The molecule has 0 aliphatic heterocycles. The van der Waals surface area contributed by atoms with Crippen molar-refractivity contribution in [3.05, 3.63) is 53.5 Å². The van der Waals surface area contributed by atoms with Crippen LogP contribution in [0.1, 0.15) is 5.01 Å². The molecule has 0 unspecified atom stereocenters. The summed E-state index contributed by atoms with van der Waals surface area (Å²) in [4.78, 5) is 4.92. The van der Waals surface area contributed by atoms with Crippen LogP contribution in [0.4, 0.5) is 0 Å². The molecular weight excluding hydrogens is 278 g/mol. The number of aromatic nitrogens is 1. The van der Waals surface area contributed by atoms with Gasteiger partial charge in [0.15, 0.2) is 0 Å². The molecule has 0 radical (unpaired) electrons. The smallest absolute Gasteiger partial charge is 0.208 e. The molecule has 0 fully saturated rings. The zero-order valence-electron chi connectivity index (χ0n) is 10.2. The molecule has 0 aliphatic rings. The Morgan fingerprint density at radius 2 is 1.74 bits per heavy atom. The summed E-state index contributed by atoms with van der Waals surface area (Å²) in [7, 11) is -3.51. The fraction of sp³-hybridized carbons (Fsp3) is 0.0714. The van der Waals surface area contributed by atoms with Gasteiger partial charge < -0.3 is 0 Å². The first kappa shape index (κ1) is 12.3. The lowest BCUT2D eigenvalue weighted by molar-refractivity contribution is 0.597. The molecule has 0 aliphatic carbocycles. The summed E-state index contributed by atoms with van der Waals surface area (Å²) >= 11 is 1.50. The highest BCUT2D eigenvalue weighted by atomic mass is 32.2. The minimum atomic E-state index is -3.51. The predicted octanol–water partition coefficient (Wildman–Crippen LogP) is 3.44. The van der Waals surface area contributed by atoms with Crippen molar-refractivity contribution in [2.24, 2.45) is 0 Å². The summed E-state index contributed by atoms with van der Waals surface area (Å²) in [5, 5.41) is 0.866. The Labute approximate surface area is 115 Å². The van der Waals surface area contributed by atoms with Crippen molar-refractivity contribution in [1.29, 1.82) is 0 Å². The maximum absolute atomic E-state index is 12.6. The van der Waals surface area contributed by atoms with Crippen LogP contribution < -0.4 is 0 Å². The molecule has 0 atom stereocenters. The van der Waals surface area contributed by atoms with Crippen molar-refractivity contribution in [3.63, 3.8) is 0 Å². The Bertz CT molecular complexity index is 836. The minimum Gasteiger partial charge on any atom is -0.240 e. The van der Waals surface area contributed by atoms with Crippen LogP contribution in [0.5, 0.6) is 0 Å². The molecular formula is C14H11NO2S2. The number of nitrogens with zero attached hydrogens (tertiary/aromatic N) is 1. The van der Waals surface area contributed by atoms with E-state index in [0.29, 0.717) is 10.4 Å². The third-order valence-electron chi connectivity index (χ3n) is 2.83. The summed E-state index contributed by atoms with van der Waals surface area (Å²) < 4.78 is 26.1. The Morgan fingerprint density at radius 1 is 1.00 bits per heavy atom. The predicted molar refractivity (Wildman–Crippen MR) is 76.3 cm³/mol. The maximum Gasteiger partial charge on any atom is 0.208 e. The second kappa shape index (κ2) is 4.43. The van der Waals surface area contributed by atoms with Crippen LogP contribution in [0, 0.1) is 6.92 Å². The van der Waals surface area contributed by atoms with E-state index in [4.69, 9.17) is 0 Å². The lowest BCUT2D eigenvalue weighted by Gasteiger charge is -2.04. The Kier molecular flexibility index (Phi) is 2.88. The van der Waals surface area contributed by atoms with Gasteiger partial charge >= 0.3 is 0 Å². The van der Waals surface area contributed by atoms with E-state index in [2.05, 4.69) is 4.98 Å². The Balaban J connectivity index is 2.30. The molecule has 0 saturated heterocycles. The van der Waals surface area contributed by atoms with Gasteiger partial charge in [0.1, 0.15) is 5.52 Å². The van der Waals surface area contributed by atoms with Gasteiger partial charge in [-0.3, -0.25) is 0 Å². The fourth-order valence-corrected chi connectivity index (χ4v) is 4.33. The molecule has 0 amide bonds. The Morgan fingerprint density at radius 3 is 2.47 bits per heavy atom. The highest BCUT2D eigenvalue weighted by Crippen LogP contribution is 2.30. The number of para-hydroxylation sites is 1. The summed E-state index contributed by atoms with van der Waals surface area (Å²) in [5.41, 5.74) is 0.564. The lowest BCUT2D eigenvalue weighted by Crippen LogP contribution is -2.02. The van der Waals surface area contributed by atoms with Gasteiger partial charge in [-0.2, -0.15) is 0 Å². The standard InChI is InChI=1S/C14H11NO2S2/c1-10-15-14-12(18-10)8-5-9-13(14)19(16,17)11-6-3-2-4-7-11/h2-9H,1H3. The van der Waals surface area contributed by atoms with Gasteiger partial charge in [0, 0.05) is 0 Å². The van der Waals surface area contributed by atoms with E-state index >= 15 is 0 Å². The average Bonchev–Trinajstić information content (AvgIpc) is 2.79. The summed E-state index contributed by atoms with van der Waals surface area (Å²) in [6.45, 7) is 1.88. The zero-order chi connectivity index (χ0) is 13.5. The first-order chi connectivity index (χ1) is 9.09. The van der Waals surface area contributed by atoms with Crippen LogP contribution in [0.2, 0.25) is 0 Å². The second-order valence-electron chi connectivity index (χ2n) is 4.15. The quantitative estimate of drug-likeness (QED) is 0.726. The number of hydrogen-bond acceptors (Lipinski definition) is 4. The number of fused-ring (bicyclic) bond motifs is 1. The number of rotatable bonds is 2. The van der Waals surface area contributed by atoms with E-state index < -0.39 is 9.84 Å². The second-order valence-corrected chi connectivity index (χ2v) is 7.31. The van der Waals surface area contributed by atoms with Crippen molar-refractivity contribution in [2.45, 2.75) is 16.7 Å². The zero-order valence-corrected chi connectivity index (χ0v) is 11.8. The normalized spacial score (nSPS) is 11.8. The largest absolute Gasteiger partial charge is 0.240 e. The molecule has 3 nitrogen and oxygen atoms in total. The van der Waals surface area contributed by atoms with Gasteiger partial charge in [0.2, 0.25) is 9.84 Å². The maximum atomic E-state index is 12.6. The number of aryl methyl sites for hydroxylation is 1. The van der Waals surface area contributed by atoms with Crippen molar-refractivity contribution < 1.29 is 8.42 Å². The third kappa shape index (κ3) is 2.05. The molecule has 3 aromatic rings. The van der Waals surface area contributed by atoms with Crippen LogP contribution in [0.25, 0.3) is 10.2 Å². The molecule has 1 heterocycles. The monoisotopic (exact) mass is 289 g/mol. The van der Waals surface area contributed by atoms with E-state index in [1.165, 1.54) is 11.3 Å². The van der Waals surface area contributed by atoms with Gasteiger partial charge in [0.05, 0.1) is 19.5 Å². The van der Waals surface area contributed by atoms with E-state index in [-0.39, 0.29) is 4.90 Å². The van der Waals surface area contributed by atoms with E-state index in [1.54, 1.807) is 42.5 Å². The summed E-state index contributed by atoms with van der Waals surface area (Å²) in [6, 6.07) is 13.7. The van der Waals surface area contributed by atoms with Crippen LogP contribution in [-0.2, 0) is 9.84 Å². The minimum absolute atomic E-state index is 0.278. The van der Waals surface area contributed by atoms with Crippen LogP contribution in [0.15, 0.2) is 58.3 Å². The topological polar surface area (TPSA) is 47.0 Å². The number of sulfone groups is 1. The Hall–Kier alpha value is -1.72. The summed E-state index contributed by atoms with van der Waals surface area (Å²) in [6.07, 6.45) is 0. The molecule has 0 bridgehead atoms. The third-order valence-corrected chi connectivity index (χ3v) is 5.57. The fourth-order valence-electron chi connectivity index (χ4n) is 1.98. The molecule has 19 heavy (non-hydrogen) atoms. The van der Waals surface area contributed by atoms with Gasteiger partial charge in [0.25, 0.3) is 0 Å². The number of hydrogen-bond donors (Lipinski definition) is 0. The molecule has 5 heteroatoms. The van der Waals surface area contributed by atoms with Crippen LogP contribution >= 0.6 is 11.3 Å². The molecule has 0 saturated carbocycles. The lowest BCUT2D eigenvalue weighted by atomic mass is 10.3. The molecule has 96 valence electrons. The van der Waals surface area contributed by atoms with E-state index in [9.17, 15) is 8.42 Å². The van der Waals surface area contributed by atoms with Gasteiger partial charge in [-0.25, -0.2) is 13.4 Å². The molecule has 0 N–H and O–H groups in total. The van der Waals surface area contributed by atoms with Crippen molar-refractivity contribution in [1.82, 2.24) is 4.98 Å². The van der Waals surface area contributed by atoms with Crippen LogP contribution in [0.3, 0.4) is 0 Å². The van der Waals surface area contributed by atoms with Crippen molar-refractivity contribution in [3.8, 4) is 0 Å². The molecule has 2 aromatic carbocycles. The SMILES string of the molecule is Cc1nc2c(S(=O)(=O)c3ccccc3)cccc2s1. The number of benzene rings is 2. The van der Waals surface area contributed by atoms with Gasteiger partial charge in [-0.1, -0.05) is 24.3 Å². The van der Waals surface area contributed by atoms with Crippen molar-refractivity contribution in [2.75, 3.05) is 0 Å². The molecule has 3 rings (SSSR count). The van der Waals surface area contributed by atoms with Crippen molar-refractivity contribution >= 4 is 31.4 Å². The summed E-state index contributed by atoms with van der Waals surface area (Å²) in [5.74, 6) is 0. The van der Waals surface area contributed by atoms with E-state index in [1.807, 2.05) is 13.0 Å². The highest BCUT2D eigenvalue weighted by molar-refractivity contribution is 7.91. The number of thiazole rings is 1.